The van der Waals surface area contributed by atoms with E-state index in [9.17, 15) is 9.59 Å². The van der Waals surface area contributed by atoms with Crippen LogP contribution in [0.15, 0.2) is 24.3 Å². The molecule has 4 rings (SSSR count). The third-order valence-electron chi connectivity index (χ3n) is 6.35. The highest BCUT2D eigenvalue weighted by Crippen LogP contribution is 2.30. The van der Waals surface area contributed by atoms with Crippen molar-refractivity contribution in [1.29, 1.82) is 0 Å². The van der Waals surface area contributed by atoms with E-state index in [0.29, 0.717) is 18.2 Å². The van der Waals surface area contributed by atoms with E-state index < -0.39 is 0 Å². The molecule has 0 radical (unpaired) electrons. The van der Waals surface area contributed by atoms with Gasteiger partial charge in [-0.25, -0.2) is 4.90 Å². The minimum atomic E-state index is -0.194. The summed E-state index contributed by atoms with van der Waals surface area (Å²) in [4.78, 5) is 28.5. The Labute approximate surface area is 148 Å². The molecule has 1 N–H and O–H groups in total. The fraction of sp³-hybridized carbons (Fsp3) is 0.600. The van der Waals surface area contributed by atoms with Crippen LogP contribution in [-0.2, 0) is 9.59 Å². The maximum Gasteiger partial charge on any atom is 0.292 e. The van der Waals surface area contributed by atoms with Crippen LogP contribution in [0.25, 0.3) is 0 Å². The zero-order valence-corrected chi connectivity index (χ0v) is 14.9. The van der Waals surface area contributed by atoms with E-state index in [2.05, 4.69) is 0 Å². The van der Waals surface area contributed by atoms with Gasteiger partial charge in [0.2, 0.25) is 5.91 Å². The summed E-state index contributed by atoms with van der Waals surface area (Å²) in [6, 6.07) is 7.57. The third kappa shape index (κ3) is 2.95. The number of imide groups is 1. The van der Waals surface area contributed by atoms with Gasteiger partial charge in [-0.15, -0.1) is 0 Å². The summed E-state index contributed by atoms with van der Waals surface area (Å²) < 4.78 is 5.17. The van der Waals surface area contributed by atoms with E-state index in [1.807, 2.05) is 0 Å². The number of ether oxygens (including phenoxy) is 1. The number of quaternary nitrogens is 1. The molecule has 0 bridgehead atoms. The average Bonchev–Trinajstić information content (AvgIpc) is 2.95. The van der Waals surface area contributed by atoms with Gasteiger partial charge in [0, 0.05) is 5.92 Å². The molecular formula is C20H27N2O3+. The maximum atomic E-state index is 13.1. The van der Waals surface area contributed by atoms with Crippen molar-refractivity contribution in [1.82, 2.24) is 0 Å². The molecule has 0 aromatic heterocycles. The van der Waals surface area contributed by atoms with Crippen LogP contribution in [0.5, 0.6) is 5.75 Å². The molecule has 1 saturated carbocycles. The van der Waals surface area contributed by atoms with Crippen LogP contribution in [0.2, 0.25) is 0 Å². The fourth-order valence-electron chi connectivity index (χ4n) is 5.15. The first-order chi connectivity index (χ1) is 12.2. The lowest BCUT2D eigenvalue weighted by molar-refractivity contribution is -0.950. The van der Waals surface area contributed by atoms with Crippen LogP contribution in [0.1, 0.15) is 44.9 Å². The lowest BCUT2D eigenvalue weighted by atomic mass is 9.77. The van der Waals surface area contributed by atoms with Gasteiger partial charge >= 0.3 is 0 Å². The molecule has 1 aromatic carbocycles. The van der Waals surface area contributed by atoms with Crippen molar-refractivity contribution < 1.29 is 19.2 Å². The summed E-state index contributed by atoms with van der Waals surface area (Å²) in [5.74, 6) is 1.39. The molecule has 2 aliphatic heterocycles. The standard InChI is InChI=1S/C20H26N2O3/c1-25-16-10-8-15(9-11-16)22-19(23)13-18(20(22)24)21-12-4-6-14-5-2-3-7-17(14)21/h8-11,14,17-18H,2-7,12-13H2,1H3/p+1/t14-,17+,18+/m1/s1. The number of amides is 2. The summed E-state index contributed by atoms with van der Waals surface area (Å²) in [7, 11) is 1.61. The number of carbonyl (C=O) groups excluding carboxylic acids is 2. The van der Waals surface area contributed by atoms with E-state index in [1.165, 1.54) is 48.3 Å². The van der Waals surface area contributed by atoms with Crippen LogP contribution in [0.4, 0.5) is 5.69 Å². The zero-order chi connectivity index (χ0) is 17.4. The Kier molecular flexibility index (Phi) is 4.50. The SMILES string of the molecule is COc1ccc(N2C(=O)C[C@H]([NH+]3CCC[C@H]4CCCC[C@@H]43)C2=O)cc1. The molecule has 25 heavy (non-hydrogen) atoms. The Bertz CT molecular complexity index is 655. The summed E-state index contributed by atoms with van der Waals surface area (Å²) >= 11 is 0. The minimum Gasteiger partial charge on any atom is -0.497 e. The number of piperidine rings is 1. The van der Waals surface area contributed by atoms with Gasteiger partial charge < -0.3 is 9.64 Å². The number of nitrogens with zero attached hydrogens (tertiary/aromatic N) is 1. The molecule has 5 heteroatoms. The number of fused-ring (bicyclic) bond motifs is 1. The van der Waals surface area contributed by atoms with Gasteiger partial charge in [0.05, 0.1) is 31.8 Å². The molecule has 2 saturated heterocycles. The molecular weight excluding hydrogens is 316 g/mol. The summed E-state index contributed by atoms with van der Waals surface area (Å²) in [5.41, 5.74) is 0.662. The number of nitrogens with one attached hydrogen (secondary N) is 1. The number of anilines is 1. The predicted molar refractivity (Wildman–Crippen MR) is 94.7 cm³/mol. The van der Waals surface area contributed by atoms with Crippen LogP contribution < -0.4 is 14.5 Å². The minimum absolute atomic E-state index is 0.0172. The zero-order valence-electron chi connectivity index (χ0n) is 14.9. The van der Waals surface area contributed by atoms with Crippen LogP contribution in [0, 0.1) is 5.92 Å². The van der Waals surface area contributed by atoms with Crippen LogP contribution >= 0.6 is 0 Å². The Morgan fingerprint density at radius 3 is 2.52 bits per heavy atom. The summed E-state index contributed by atoms with van der Waals surface area (Å²) in [5, 5.41) is 0. The van der Waals surface area contributed by atoms with E-state index in [4.69, 9.17) is 4.74 Å². The van der Waals surface area contributed by atoms with E-state index in [-0.39, 0.29) is 17.9 Å². The van der Waals surface area contributed by atoms with E-state index in [0.717, 1.165) is 18.2 Å². The highest BCUT2D eigenvalue weighted by molar-refractivity contribution is 6.21. The second-order valence-corrected chi connectivity index (χ2v) is 7.64. The molecule has 2 heterocycles. The molecule has 1 aromatic rings. The lowest BCUT2D eigenvalue weighted by Gasteiger charge is -2.43. The first-order valence-corrected chi connectivity index (χ1v) is 9.55. The van der Waals surface area contributed by atoms with Crippen molar-refractivity contribution in [2.75, 3.05) is 18.6 Å². The summed E-state index contributed by atoms with van der Waals surface area (Å²) in [6.07, 6.45) is 7.92. The number of benzene rings is 1. The number of methoxy groups -OCH3 is 1. The average molecular weight is 343 g/mol. The maximum absolute atomic E-state index is 13.1. The largest absolute Gasteiger partial charge is 0.497 e. The number of rotatable bonds is 3. The third-order valence-corrected chi connectivity index (χ3v) is 6.35. The Morgan fingerprint density at radius 1 is 1.04 bits per heavy atom. The highest BCUT2D eigenvalue weighted by atomic mass is 16.5. The predicted octanol–water partition coefficient (Wildman–Crippen LogP) is 1.56. The van der Waals surface area contributed by atoms with E-state index in [1.54, 1.807) is 31.4 Å². The van der Waals surface area contributed by atoms with Crippen molar-refractivity contribution in [3.05, 3.63) is 24.3 Å². The number of carbonyl (C=O) groups is 2. The number of likely N-dealkylation sites (tertiary alicyclic amines) is 1. The quantitative estimate of drug-likeness (QED) is 0.848. The van der Waals surface area contributed by atoms with Crippen LogP contribution in [0.3, 0.4) is 0 Å². The van der Waals surface area contributed by atoms with Gasteiger partial charge in [-0.2, -0.15) is 0 Å². The number of hydrogen-bond acceptors (Lipinski definition) is 3. The fourth-order valence-corrected chi connectivity index (χ4v) is 5.15. The molecule has 2 amide bonds. The van der Waals surface area contributed by atoms with Gasteiger partial charge in [-0.05, 0) is 56.4 Å². The van der Waals surface area contributed by atoms with Gasteiger partial charge in [-0.1, -0.05) is 6.42 Å². The normalized spacial score (nSPS) is 32.6. The smallest absolute Gasteiger partial charge is 0.292 e. The lowest BCUT2D eigenvalue weighted by Crippen LogP contribution is -3.21. The van der Waals surface area contributed by atoms with E-state index >= 15 is 0 Å². The van der Waals surface area contributed by atoms with Gasteiger partial charge in [0.1, 0.15) is 5.75 Å². The second kappa shape index (κ2) is 6.79. The first-order valence-electron chi connectivity index (χ1n) is 9.55. The molecule has 0 spiro atoms. The molecule has 1 unspecified atom stereocenters. The van der Waals surface area contributed by atoms with Gasteiger partial charge in [0.25, 0.3) is 5.91 Å². The Morgan fingerprint density at radius 2 is 1.76 bits per heavy atom. The molecule has 3 aliphatic rings. The van der Waals surface area contributed by atoms with Gasteiger partial charge in [-0.3, -0.25) is 9.59 Å². The highest BCUT2D eigenvalue weighted by Gasteiger charge is 2.50. The molecule has 4 atom stereocenters. The number of hydrogen-bond donors (Lipinski definition) is 1. The Balaban J connectivity index is 1.55. The summed E-state index contributed by atoms with van der Waals surface area (Å²) in [6.45, 7) is 1.03. The van der Waals surface area contributed by atoms with Crippen LogP contribution in [-0.4, -0.2) is 37.6 Å². The molecule has 5 nitrogen and oxygen atoms in total. The van der Waals surface area contributed by atoms with Crippen molar-refractivity contribution in [3.63, 3.8) is 0 Å². The van der Waals surface area contributed by atoms with Gasteiger partial charge in [0.15, 0.2) is 6.04 Å². The Hall–Kier alpha value is -1.88. The topological polar surface area (TPSA) is 51.0 Å². The molecule has 1 aliphatic carbocycles. The van der Waals surface area contributed by atoms with Crippen molar-refractivity contribution in [2.24, 2.45) is 5.92 Å². The second-order valence-electron chi connectivity index (χ2n) is 7.64. The first kappa shape index (κ1) is 16.6. The van der Waals surface area contributed by atoms with Crippen molar-refractivity contribution in [2.45, 2.75) is 57.0 Å². The molecule has 134 valence electrons. The molecule has 3 fully saturated rings. The van der Waals surface area contributed by atoms with Crippen molar-refractivity contribution >= 4 is 17.5 Å². The monoisotopic (exact) mass is 343 g/mol. The van der Waals surface area contributed by atoms with Crippen molar-refractivity contribution in [3.8, 4) is 5.75 Å².